The fraction of sp³-hybridized carbons (Fsp3) is 0.533. The normalized spacial score (nSPS) is 22.2. The monoisotopic (exact) mass is 275 g/mol. The number of hydrogen-bond donors (Lipinski definition) is 1. The average Bonchev–Trinajstić information content (AvgIpc) is 3.01. The first kappa shape index (κ1) is 11.7. The maximum Gasteiger partial charge on any atom is 0.130 e. The highest BCUT2D eigenvalue weighted by molar-refractivity contribution is 6.31. The molecule has 2 aromatic rings. The molecule has 0 amide bonds. The molecule has 2 aliphatic carbocycles. The minimum atomic E-state index is -0.228. The number of nitrogens with two attached hydrogens (primary N) is 1. The molecule has 2 aliphatic rings. The van der Waals surface area contributed by atoms with E-state index in [0.29, 0.717) is 6.04 Å². The third-order valence-electron chi connectivity index (χ3n) is 4.50. The van der Waals surface area contributed by atoms with Gasteiger partial charge >= 0.3 is 0 Å². The molecule has 19 heavy (non-hydrogen) atoms. The van der Waals surface area contributed by atoms with E-state index in [1.165, 1.54) is 25.7 Å². The first-order valence-electron chi connectivity index (χ1n) is 7.14. The Kier molecular flexibility index (Phi) is 2.45. The summed E-state index contributed by atoms with van der Waals surface area (Å²) >= 11 is 6.15. The van der Waals surface area contributed by atoms with Crippen molar-refractivity contribution in [1.82, 2.24) is 9.55 Å². The third-order valence-corrected chi connectivity index (χ3v) is 4.74. The molecule has 1 aromatic heterocycles. The smallest absolute Gasteiger partial charge is 0.130 e. The zero-order valence-electron chi connectivity index (χ0n) is 10.9. The van der Waals surface area contributed by atoms with Gasteiger partial charge < -0.3 is 10.3 Å². The van der Waals surface area contributed by atoms with Gasteiger partial charge in [-0.2, -0.15) is 0 Å². The Hall–Kier alpha value is -1.06. The molecule has 100 valence electrons. The number of fused-ring (bicyclic) bond motifs is 1. The molecule has 0 aliphatic heterocycles. The van der Waals surface area contributed by atoms with Crippen molar-refractivity contribution < 1.29 is 0 Å². The number of halogens is 1. The molecule has 0 bridgehead atoms. The molecular formula is C15H18ClN3. The Morgan fingerprint density at radius 3 is 2.68 bits per heavy atom. The predicted octanol–water partition coefficient (Wildman–Crippen LogP) is 3.75. The average molecular weight is 276 g/mol. The van der Waals surface area contributed by atoms with Crippen molar-refractivity contribution in [2.45, 2.75) is 50.1 Å². The number of rotatable bonds is 2. The molecule has 2 saturated carbocycles. The van der Waals surface area contributed by atoms with Gasteiger partial charge in [0, 0.05) is 11.1 Å². The van der Waals surface area contributed by atoms with Crippen LogP contribution in [-0.4, -0.2) is 9.55 Å². The van der Waals surface area contributed by atoms with E-state index in [9.17, 15) is 0 Å². The van der Waals surface area contributed by atoms with Gasteiger partial charge in [0.05, 0.1) is 16.6 Å². The van der Waals surface area contributed by atoms with Crippen LogP contribution in [0.4, 0.5) is 0 Å². The van der Waals surface area contributed by atoms with Gasteiger partial charge in [0.25, 0.3) is 0 Å². The van der Waals surface area contributed by atoms with Crippen molar-refractivity contribution in [2.75, 3.05) is 0 Å². The Bertz CT molecular complexity index is 636. The van der Waals surface area contributed by atoms with Crippen LogP contribution < -0.4 is 5.73 Å². The number of aromatic nitrogens is 2. The molecule has 0 saturated heterocycles. The minimum Gasteiger partial charge on any atom is -0.323 e. The van der Waals surface area contributed by atoms with Crippen LogP contribution in [0.5, 0.6) is 0 Å². The molecule has 0 radical (unpaired) electrons. The molecule has 4 heteroatoms. The van der Waals surface area contributed by atoms with Crippen molar-refractivity contribution in [2.24, 2.45) is 5.73 Å². The summed E-state index contributed by atoms with van der Waals surface area (Å²) in [6, 6.07) is 6.54. The van der Waals surface area contributed by atoms with Crippen molar-refractivity contribution in [1.29, 1.82) is 0 Å². The molecule has 0 unspecified atom stereocenters. The second kappa shape index (κ2) is 3.97. The fourth-order valence-corrected chi connectivity index (χ4v) is 3.52. The summed E-state index contributed by atoms with van der Waals surface area (Å²) in [6.07, 6.45) is 7.01. The maximum absolute atomic E-state index is 6.63. The molecule has 1 heterocycles. The zero-order chi connectivity index (χ0) is 13.0. The molecule has 1 aromatic carbocycles. The number of benzene rings is 1. The lowest BCUT2D eigenvalue weighted by Gasteiger charge is -2.24. The molecule has 2 N–H and O–H groups in total. The van der Waals surface area contributed by atoms with Crippen LogP contribution in [0.25, 0.3) is 11.0 Å². The Labute approximate surface area is 117 Å². The number of imidazole rings is 1. The van der Waals surface area contributed by atoms with E-state index in [2.05, 4.69) is 4.57 Å². The zero-order valence-corrected chi connectivity index (χ0v) is 11.7. The van der Waals surface area contributed by atoms with Crippen LogP contribution in [0.15, 0.2) is 18.2 Å². The second-order valence-corrected chi connectivity index (χ2v) is 6.47. The van der Waals surface area contributed by atoms with Gasteiger partial charge in [0.1, 0.15) is 5.82 Å². The lowest BCUT2D eigenvalue weighted by molar-refractivity contribution is 0.411. The van der Waals surface area contributed by atoms with Gasteiger partial charge in [0.2, 0.25) is 0 Å². The summed E-state index contributed by atoms with van der Waals surface area (Å²) in [5.41, 5.74) is 8.59. The van der Waals surface area contributed by atoms with Gasteiger partial charge in [-0.05, 0) is 43.9 Å². The van der Waals surface area contributed by atoms with Crippen molar-refractivity contribution >= 4 is 22.6 Å². The van der Waals surface area contributed by atoms with Crippen LogP contribution >= 0.6 is 11.6 Å². The molecule has 0 atom stereocenters. The SMILES string of the molecule is NC1(c2nc3ccc(Cl)cc3n2C2CC2)CCCC1. The summed E-state index contributed by atoms with van der Waals surface area (Å²) in [7, 11) is 0. The van der Waals surface area contributed by atoms with Gasteiger partial charge in [-0.25, -0.2) is 4.98 Å². The van der Waals surface area contributed by atoms with Crippen LogP contribution in [0, 0.1) is 0 Å². The van der Waals surface area contributed by atoms with Crippen molar-refractivity contribution in [3.05, 3.63) is 29.0 Å². The van der Waals surface area contributed by atoms with E-state index in [1.807, 2.05) is 18.2 Å². The number of hydrogen-bond acceptors (Lipinski definition) is 2. The summed E-state index contributed by atoms with van der Waals surface area (Å²) in [4.78, 5) is 4.85. The summed E-state index contributed by atoms with van der Waals surface area (Å²) in [5, 5.41) is 0.776. The molecule has 2 fully saturated rings. The summed E-state index contributed by atoms with van der Waals surface area (Å²) < 4.78 is 2.37. The second-order valence-electron chi connectivity index (χ2n) is 6.03. The highest BCUT2D eigenvalue weighted by atomic mass is 35.5. The van der Waals surface area contributed by atoms with E-state index >= 15 is 0 Å². The van der Waals surface area contributed by atoms with E-state index in [4.69, 9.17) is 22.3 Å². The van der Waals surface area contributed by atoms with Gasteiger partial charge in [-0.1, -0.05) is 24.4 Å². The topological polar surface area (TPSA) is 43.8 Å². The summed E-state index contributed by atoms with van der Waals surface area (Å²) in [6.45, 7) is 0. The summed E-state index contributed by atoms with van der Waals surface area (Å²) in [5.74, 6) is 1.09. The lowest BCUT2D eigenvalue weighted by atomic mass is 9.98. The van der Waals surface area contributed by atoms with Crippen LogP contribution in [0.2, 0.25) is 5.02 Å². The van der Waals surface area contributed by atoms with Gasteiger partial charge in [-0.15, -0.1) is 0 Å². The minimum absolute atomic E-state index is 0.228. The largest absolute Gasteiger partial charge is 0.323 e. The third kappa shape index (κ3) is 1.79. The van der Waals surface area contributed by atoms with E-state index < -0.39 is 0 Å². The lowest BCUT2D eigenvalue weighted by Crippen LogP contribution is -2.36. The highest BCUT2D eigenvalue weighted by Crippen LogP contribution is 2.44. The van der Waals surface area contributed by atoms with E-state index in [0.717, 1.165) is 34.7 Å². The van der Waals surface area contributed by atoms with Gasteiger partial charge in [0.15, 0.2) is 0 Å². The van der Waals surface area contributed by atoms with Crippen LogP contribution in [-0.2, 0) is 5.54 Å². The van der Waals surface area contributed by atoms with E-state index in [1.54, 1.807) is 0 Å². The first-order chi connectivity index (χ1) is 9.17. The first-order valence-corrected chi connectivity index (χ1v) is 7.52. The highest BCUT2D eigenvalue weighted by Gasteiger charge is 2.39. The number of nitrogens with zero attached hydrogens (tertiary/aromatic N) is 2. The predicted molar refractivity (Wildman–Crippen MR) is 77.3 cm³/mol. The van der Waals surface area contributed by atoms with Crippen molar-refractivity contribution in [3.63, 3.8) is 0 Å². The fourth-order valence-electron chi connectivity index (χ4n) is 3.35. The maximum atomic E-state index is 6.63. The quantitative estimate of drug-likeness (QED) is 0.907. The molecule has 3 nitrogen and oxygen atoms in total. The molecule has 0 spiro atoms. The molecular weight excluding hydrogens is 258 g/mol. The standard InChI is InChI=1S/C15H18ClN3/c16-10-3-6-12-13(9-10)19(11-4-5-11)14(18-12)15(17)7-1-2-8-15/h3,6,9,11H,1-2,4-5,7-8,17H2. The van der Waals surface area contributed by atoms with Gasteiger partial charge in [-0.3, -0.25) is 0 Å². The Morgan fingerprint density at radius 2 is 2.00 bits per heavy atom. The van der Waals surface area contributed by atoms with Crippen molar-refractivity contribution in [3.8, 4) is 0 Å². The Morgan fingerprint density at radius 1 is 1.26 bits per heavy atom. The van der Waals surface area contributed by atoms with E-state index in [-0.39, 0.29) is 5.54 Å². The van der Waals surface area contributed by atoms with Crippen LogP contribution in [0.3, 0.4) is 0 Å². The Balaban J connectivity index is 1.96. The molecule has 4 rings (SSSR count). The van der Waals surface area contributed by atoms with Crippen LogP contribution in [0.1, 0.15) is 50.4 Å².